The topological polar surface area (TPSA) is 142 Å². The molecule has 232 valence electrons. The maximum atomic E-state index is 13.0. The summed E-state index contributed by atoms with van der Waals surface area (Å²) in [7, 11) is 0. The Hall–Kier alpha value is -5.38. The van der Waals surface area contributed by atoms with E-state index in [9.17, 15) is 14.7 Å². The fraction of sp³-hybridized carbons (Fsp3) is 0.257. The smallest absolute Gasteiger partial charge is 0.349 e. The molecule has 2 atom stereocenters. The number of nitrogens with one attached hydrogen (secondary N) is 3. The number of ether oxygens (including phenoxy) is 3. The Balaban J connectivity index is 1.26. The molecule has 1 amide bonds. The molecule has 0 radical (unpaired) electrons. The molecule has 1 aliphatic heterocycles. The summed E-state index contributed by atoms with van der Waals surface area (Å²) in [5.41, 5.74) is 12.5. The molecule has 1 aliphatic carbocycles. The Morgan fingerprint density at radius 3 is 2.73 bits per heavy atom. The summed E-state index contributed by atoms with van der Waals surface area (Å²) in [5.74, 6) is 0.0727. The van der Waals surface area contributed by atoms with Crippen molar-refractivity contribution in [1.29, 1.82) is 5.53 Å². The number of nitrogens with zero attached hydrogens (tertiary/aromatic N) is 1. The monoisotopic (exact) mass is 608 g/mol. The molecule has 3 aromatic carbocycles. The van der Waals surface area contributed by atoms with E-state index in [1.54, 1.807) is 54.6 Å². The van der Waals surface area contributed by atoms with Crippen LogP contribution < -0.4 is 24.8 Å². The number of hydrogen-bond donors (Lipinski definition) is 4. The first-order chi connectivity index (χ1) is 21.8. The predicted molar refractivity (Wildman–Crippen MR) is 171 cm³/mol. The number of hydrogen-bond acceptors (Lipinski definition) is 8. The number of carboxylic acids is 1. The molecule has 10 nitrogen and oxygen atoms in total. The van der Waals surface area contributed by atoms with Crippen LogP contribution >= 0.6 is 0 Å². The molecule has 2 aliphatic rings. The third-order valence-corrected chi connectivity index (χ3v) is 7.68. The van der Waals surface area contributed by atoms with Crippen LogP contribution in [0, 0.1) is 12.5 Å². The number of aliphatic carboxylic acids is 1. The molecule has 0 aromatic heterocycles. The second kappa shape index (κ2) is 14.4. The van der Waals surface area contributed by atoms with Crippen LogP contribution in [0.1, 0.15) is 52.4 Å². The number of amides is 1. The van der Waals surface area contributed by atoms with Crippen LogP contribution in [0.3, 0.4) is 0 Å². The van der Waals surface area contributed by atoms with Gasteiger partial charge in [0.1, 0.15) is 24.7 Å². The van der Waals surface area contributed by atoms with Gasteiger partial charge < -0.3 is 30.0 Å². The number of carboxylic acid groups (broad SMARTS) is 1. The zero-order chi connectivity index (χ0) is 31.8. The fourth-order valence-corrected chi connectivity index (χ4v) is 5.28. The Kier molecular flexibility index (Phi) is 9.93. The highest BCUT2D eigenvalue weighted by Crippen LogP contribution is 2.35. The van der Waals surface area contributed by atoms with E-state index >= 15 is 0 Å². The fourth-order valence-electron chi connectivity index (χ4n) is 5.28. The van der Waals surface area contributed by atoms with Crippen molar-refractivity contribution < 1.29 is 28.9 Å². The highest BCUT2D eigenvalue weighted by molar-refractivity contribution is 5.96. The molecule has 3 aromatic rings. The maximum Gasteiger partial charge on any atom is 0.349 e. The van der Waals surface area contributed by atoms with Gasteiger partial charge in [-0.3, -0.25) is 4.79 Å². The highest BCUT2D eigenvalue weighted by atomic mass is 16.6. The number of rotatable bonds is 12. The second-order valence-electron chi connectivity index (χ2n) is 10.8. The zero-order valence-electron chi connectivity index (χ0n) is 25.0. The van der Waals surface area contributed by atoms with Crippen LogP contribution in [0.4, 0.5) is 11.4 Å². The SMILES string of the molecule is C=CC=CC1=CC(NC(=O)c2ccc(NCc3cc(OC(C(=O)O)c4ccc5c(c4)OCCO5)ccc3C)c(N=N)c2)CCC1. The van der Waals surface area contributed by atoms with E-state index in [0.717, 1.165) is 30.4 Å². The second-order valence-corrected chi connectivity index (χ2v) is 10.8. The van der Waals surface area contributed by atoms with Gasteiger partial charge >= 0.3 is 5.97 Å². The number of aryl methyl sites for hydroxylation is 1. The van der Waals surface area contributed by atoms with Crippen molar-refractivity contribution in [3.05, 3.63) is 113 Å². The third kappa shape index (κ3) is 7.77. The quantitative estimate of drug-likeness (QED) is 0.126. The predicted octanol–water partition coefficient (Wildman–Crippen LogP) is 7.20. The van der Waals surface area contributed by atoms with Gasteiger partial charge in [0.2, 0.25) is 6.10 Å². The highest BCUT2D eigenvalue weighted by Gasteiger charge is 2.25. The molecule has 0 bridgehead atoms. The largest absolute Gasteiger partial charge is 0.486 e. The van der Waals surface area contributed by atoms with Crippen molar-refractivity contribution in [2.45, 2.75) is 44.9 Å². The van der Waals surface area contributed by atoms with Crippen molar-refractivity contribution in [2.75, 3.05) is 18.5 Å². The lowest BCUT2D eigenvalue weighted by Crippen LogP contribution is -2.34. The zero-order valence-corrected chi connectivity index (χ0v) is 25.0. The Morgan fingerprint density at radius 2 is 1.96 bits per heavy atom. The summed E-state index contributed by atoms with van der Waals surface area (Å²) in [4.78, 5) is 25.2. The number of fused-ring (bicyclic) bond motifs is 1. The van der Waals surface area contributed by atoms with E-state index in [1.807, 2.05) is 25.1 Å². The Bertz CT molecular complexity index is 1660. The average Bonchev–Trinajstić information content (AvgIpc) is 3.06. The van der Waals surface area contributed by atoms with Crippen molar-refractivity contribution in [2.24, 2.45) is 5.11 Å². The summed E-state index contributed by atoms with van der Waals surface area (Å²) in [5, 5.41) is 20.0. The molecular weight excluding hydrogens is 572 g/mol. The molecule has 1 heterocycles. The summed E-state index contributed by atoms with van der Waals surface area (Å²) in [6.45, 7) is 6.83. The van der Waals surface area contributed by atoms with Crippen LogP contribution in [0.15, 0.2) is 96.2 Å². The number of benzene rings is 3. The lowest BCUT2D eigenvalue weighted by atomic mass is 9.95. The van der Waals surface area contributed by atoms with Crippen molar-refractivity contribution >= 4 is 23.3 Å². The number of allylic oxidation sites excluding steroid dienone is 4. The first-order valence-electron chi connectivity index (χ1n) is 14.8. The van der Waals surface area contributed by atoms with E-state index in [4.69, 9.17) is 19.7 Å². The molecule has 2 unspecified atom stereocenters. The van der Waals surface area contributed by atoms with Gasteiger partial charge in [-0.15, -0.1) is 0 Å². The van der Waals surface area contributed by atoms with E-state index < -0.39 is 12.1 Å². The standard InChI is InChI=1S/C35H36N4O6/c1-3-4-6-23-7-5-8-27(17-23)38-34(40)25-10-13-29(30(19-25)39-36)37-21-26-18-28(12-9-22(26)2)45-33(35(41)42)24-11-14-31-32(20-24)44-16-15-43-31/h3-4,6,9-14,17-20,27,33,36-37H,1,5,7-8,15-16,21H2,2H3,(H,38,40)(H,41,42). The molecule has 45 heavy (non-hydrogen) atoms. The van der Waals surface area contributed by atoms with Crippen LogP contribution in [0.25, 0.3) is 0 Å². The lowest BCUT2D eigenvalue weighted by molar-refractivity contribution is -0.145. The Morgan fingerprint density at radius 1 is 1.13 bits per heavy atom. The minimum atomic E-state index is -1.25. The van der Waals surface area contributed by atoms with Crippen LogP contribution in [0.2, 0.25) is 0 Å². The van der Waals surface area contributed by atoms with Crippen LogP contribution in [-0.2, 0) is 11.3 Å². The van der Waals surface area contributed by atoms with Gasteiger partial charge in [0.05, 0.1) is 5.69 Å². The minimum Gasteiger partial charge on any atom is -0.486 e. The number of carbonyl (C=O) groups excluding carboxylic acids is 1. The summed E-state index contributed by atoms with van der Waals surface area (Å²) in [6, 6.07) is 15.3. The lowest BCUT2D eigenvalue weighted by Gasteiger charge is -2.21. The molecule has 10 heteroatoms. The van der Waals surface area contributed by atoms with Gasteiger partial charge in [-0.05, 0) is 85.4 Å². The summed E-state index contributed by atoms with van der Waals surface area (Å²) < 4.78 is 17.1. The van der Waals surface area contributed by atoms with Crippen molar-refractivity contribution in [3.8, 4) is 17.2 Å². The van der Waals surface area contributed by atoms with Crippen molar-refractivity contribution in [3.63, 3.8) is 0 Å². The summed E-state index contributed by atoms with van der Waals surface area (Å²) >= 11 is 0. The van der Waals surface area contributed by atoms with Gasteiger partial charge in [-0.1, -0.05) is 43.0 Å². The van der Waals surface area contributed by atoms with Crippen LogP contribution in [-0.4, -0.2) is 36.2 Å². The molecule has 0 saturated carbocycles. The first kappa shape index (κ1) is 31.1. The molecule has 5 rings (SSSR count). The van der Waals surface area contributed by atoms with Gasteiger partial charge in [0.15, 0.2) is 11.5 Å². The molecule has 0 spiro atoms. The number of anilines is 1. The first-order valence-corrected chi connectivity index (χ1v) is 14.8. The number of carbonyl (C=O) groups is 2. The Labute approximate surface area is 261 Å². The summed E-state index contributed by atoms with van der Waals surface area (Å²) in [6.07, 6.45) is 9.26. The minimum absolute atomic E-state index is 0.0716. The van der Waals surface area contributed by atoms with E-state index in [0.29, 0.717) is 59.5 Å². The molecule has 4 N–H and O–H groups in total. The van der Waals surface area contributed by atoms with E-state index in [1.165, 1.54) is 5.57 Å². The normalized spacial score (nSPS) is 16.3. The van der Waals surface area contributed by atoms with E-state index in [-0.39, 0.29) is 11.9 Å². The molecule has 0 fully saturated rings. The van der Waals surface area contributed by atoms with Gasteiger partial charge in [0.25, 0.3) is 5.91 Å². The molecule has 0 saturated heterocycles. The third-order valence-electron chi connectivity index (χ3n) is 7.68. The molecular formula is C35H36N4O6. The van der Waals surface area contributed by atoms with Gasteiger partial charge in [0, 0.05) is 23.7 Å². The van der Waals surface area contributed by atoms with E-state index in [2.05, 4.69) is 28.4 Å². The maximum absolute atomic E-state index is 13.0. The average molecular weight is 609 g/mol. The van der Waals surface area contributed by atoms with Crippen LogP contribution in [0.5, 0.6) is 17.2 Å². The van der Waals surface area contributed by atoms with Crippen molar-refractivity contribution in [1.82, 2.24) is 5.32 Å². The van der Waals surface area contributed by atoms with Gasteiger partial charge in [-0.2, -0.15) is 5.11 Å². The van der Waals surface area contributed by atoms with Gasteiger partial charge in [-0.25, -0.2) is 10.3 Å².